The first-order valence-corrected chi connectivity index (χ1v) is 8.18. The molecule has 0 unspecified atom stereocenters. The molecule has 0 aromatic heterocycles. The van der Waals surface area contributed by atoms with E-state index >= 15 is 0 Å². The highest BCUT2D eigenvalue weighted by Gasteiger charge is 2.52. The zero-order valence-electron chi connectivity index (χ0n) is 14.0. The molecule has 0 amide bonds. The predicted molar refractivity (Wildman–Crippen MR) is 84.8 cm³/mol. The summed E-state index contributed by atoms with van der Waals surface area (Å²) in [6.45, 7) is 2.63. The third-order valence-electron chi connectivity index (χ3n) is 4.11. The maximum atomic E-state index is 12.9. The maximum absolute atomic E-state index is 12.9. The van der Waals surface area contributed by atoms with Crippen molar-refractivity contribution in [2.24, 2.45) is 11.8 Å². The van der Waals surface area contributed by atoms with Gasteiger partial charge < -0.3 is 14.6 Å². The summed E-state index contributed by atoms with van der Waals surface area (Å²) in [5, 5.41) is 8.99. The van der Waals surface area contributed by atoms with E-state index in [4.69, 9.17) is 14.6 Å². The molecule has 0 bridgehead atoms. The van der Waals surface area contributed by atoms with Gasteiger partial charge in [-0.15, -0.1) is 0 Å². The van der Waals surface area contributed by atoms with Crippen molar-refractivity contribution in [1.29, 1.82) is 0 Å². The first-order valence-electron chi connectivity index (χ1n) is 8.18. The van der Waals surface area contributed by atoms with E-state index in [1.807, 2.05) is 6.92 Å². The minimum Gasteiger partial charge on any atom is -0.494 e. The second kappa shape index (κ2) is 8.42. The average molecular weight is 361 g/mol. The molecule has 1 aliphatic rings. The number of carboxylic acid groups (broad SMARTS) is 1. The number of carboxylic acids is 1. The second-order valence-corrected chi connectivity index (χ2v) is 6.02. The van der Waals surface area contributed by atoms with Gasteiger partial charge in [0.1, 0.15) is 18.1 Å². The Hall–Kier alpha value is -1.96. The molecule has 1 N–H and O–H groups in total. The van der Waals surface area contributed by atoms with Crippen LogP contribution in [-0.2, 0) is 4.79 Å². The molecular weight excluding hydrogens is 339 g/mol. The smallest absolute Gasteiger partial charge is 0.393 e. The van der Waals surface area contributed by atoms with Gasteiger partial charge in [-0.05, 0) is 30.7 Å². The van der Waals surface area contributed by atoms with Crippen LogP contribution in [0.3, 0.4) is 0 Å². The lowest BCUT2D eigenvalue weighted by Gasteiger charge is -2.18. The number of nitrogens with zero attached hydrogens (tertiary/aromatic N) is 1. The van der Waals surface area contributed by atoms with E-state index < -0.39 is 24.0 Å². The number of rotatable bonds is 8. The average Bonchev–Trinajstić information content (AvgIpc) is 2.99. The van der Waals surface area contributed by atoms with Crippen LogP contribution in [0, 0.1) is 11.8 Å². The van der Waals surface area contributed by atoms with Crippen LogP contribution in [0.2, 0.25) is 0 Å². The van der Waals surface area contributed by atoms with Crippen LogP contribution >= 0.6 is 0 Å². The summed E-state index contributed by atoms with van der Waals surface area (Å²) < 4.78 is 49.7. The quantitative estimate of drug-likeness (QED) is 0.771. The molecule has 1 aromatic carbocycles. The lowest BCUT2D eigenvalue weighted by molar-refractivity contribution is -0.188. The van der Waals surface area contributed by atoms with E-state index in [0.717, 1.165) is 12.2 Å². The van der Waals surface area contributed by atoms with Gasteiger partial charge in [0.05, 0.1) is 18.4 Å². The first-order chi connectivity index (χ1) is 11.8. The normalized spacial score (nSPS) is 21.3. The standard InChI is InChI=1S/C17H22F3NO4/c1-2-8-24-12-3-5-13(6-4-12)25-9-7-21-10-14(16(22)23)15(11-21)17(18,19)20/h3-6,14-15H,2,7-11H2,1H3,(H,22,23)/t14-,15-/m1/s1. The molecule has 140 valence electrons. The molecule has 0 aliphatic carbocycles. The van der Waals surface area contributed by atoms with E-state index in [1.165, 1.54) is 4.90 Å². The van der Waals surface area contributed by atoms with Crippen molar-refractivity contribution in [3.8, 4) is 11.5 Å². The Bertz CT molecular complexity index is 562. The van der Waals surface area contributed by atoms with Gasteiger partial charge in [0.2, 0.25) is 0 Å². The van der Waals surface area contributed by atoms with Gasteiger partial charge in [-0.25, -0.2) is 0 Å². The summed E-state index contributed by atoms with van der Waals surface area (Å²) in [4.78, 5) is 12.5. The van der Waals surface area contributed by atoms with Gasteiger partial charge in [-0.3, -0.25) is 9.69 Å². The molecule has 1 aromatic rings. The molecule has 1 heterocycles. The fraction of sp³-hybridized carbons (Fsp3) is 0.588. The minimum atomic E-state index is -4.51. The Morgan fingerprint density at radius 2 is 1.72 bits per heavy atom. The van der Waals surface area contributed by atoms with Gasteiger partial charge in [0.15, 0.2) is 0 Å². The molecule has 2 rings (SSSR count). The second-order valence-electron chi connectivity index (χ2n) is 6.02. The SMILES string of the molecule is CCCOc1ccc(OCCN2C[C@@H](C(F)(F)F)[C@H](C(=O)O)C2)cc1. The first kappa shape index (κ1) is 19.4. The molecule has 5 nitrogen and oxygen atoms in total. The number of halogens is 3. The Morgan fingerprint density at radius 1 is 1.16 bits per heavy atom. The van der Waals surface area contributed by atoms with Crippen molar-refractivity contribution >= 4 is 5.97 Å². The summed E-state index contributed by atoms with van der Waals surface area (Å²) in [5.41, 5.74) is 0. The van der Waals surface area contributed by atoms with Crippen molar-refractivity contribution in [1.82, 2.24) is 4.90 Å². The molecule has 8 heteroatoms. The van der Waals surface area contributed by atoms with E-state index in [0.29, 0.717) is 12.4 Å². The number of aliphatic carboxylic acids is 1. The molecule has 1 aliphatic heterocycles. The maximum Gasteiger partial charge on any atom is 0.393 e. The molecule has 25 heavy (non-hydrogen) atoms. The van der Waals surface area contributed by atoms with Crippen LogP contribution in [0.1, 0.15) is 13.3 Å². The van der Waals surface area contributed by atoms with Crippen LogP contribution in [-0.4, -0.2) is 55.0 Å². The summed E-state index contributed by atoms with van der Waals surface area (Å²) in [5.74, 6) is -3.35. The summed E-state index contributed by atoms with van der Waals surface area (Å²) in [6, 6.07) is 6.99. The fourth-order valence-electron chi connectivity index (χ4n) is 2.79. The van der Waals surface area contributed by atoms with Crippen LogP contribution in [0.4, 0.5) is 13.2 Å². The van der Waals surface area contributed by atoms with Crippen molar-refractivity contribution in [3.05, 3.63) is 24.3 Å². The number of benzene rings is 1. The van der Waals surface area contributed by atoms with Crippen molar-refractivity contribution < 1.29 is 32.5 Å². The highest BCUT2D eigenvalue weighted by molar-refractivity contribution is 5.71. The lowest BCUT2D eigenvalue weighted by atomic mass is 9.96. The number of likely N-dealkylation sites (tertiary alicyclic amines) is 1. The van der Waals surface area contributed by atoms with Crippen LogP contribution in [0.5, 0.6) is 11.5 Å². The van der Waals surface area contributed by atoms with E-state index in [2.05, 4.69) is 0 Å². The van der Waals surface area contributed by atoms with Crippen LogP contribution in [0.15, 0.2) is 24.3 Å². The van der Waals surface area contributed by atoms with Crippen LogP contribution < -0.4 is 9.47 Å². The zero-order valence-corrected chi connectivity index (χ0v) is 14.0. The van der Waals surface area contributed by atoms with Crippen molar-refractivity contribution in [2.45, 2.75) is 19.5 Å². The summed E-state index contributed by atoms with van der Waals surface area (Å²) in [6.07, 6.45) is -3.60. The number of ether oxygens (including phenoxy) is 2. The highest BCUT2D eigenvalue weighted by atomic mass is 19.4. The predicted octanol–water partition coefficient (Wildman–Crippen LogP) is 3.05. The lowest BCUT2D eigenvalue weighted by Crippen LogP contribution is -2.33. The van der Waals surface area contributed by atoms with E-state index in [9.17, 15) is 18.0 Å². The molecule has 2 atom stereocenters. The Morgan fingerprint density at radius 3 is 2.16 bits per heavy atom. The molecule has 0 saturated carbocycles. The van der Waals surface area contributed by atoms with E-state index in [1.54, 1.807) is 24.3 Å². The van der Waals surface area contributed by atoms with Crippen molar-refractivity contribution in [3.63, 3.8) is 0 Å². The number of carbonyl (C=O) groups is 1. The third kappa shape index (κ3) is 5.52. The third-order valence-corrected chi connectivity index (χ3v) is 4.11. The van der Waals surface area contributed by atoms with Gasteiger partial charge in [-0.1, -0.05) is 6.92 Å². The molecule has 0 radical (unpaired) electrons. The monoisotopic (exact) mass is 361 g/mol. The summed E-state index contributed by atoms with van der Waals surface area (Å²) in [7, 11) is 0. The molecular formula is C17H22F3NO4. The van der Waals surface area contributed by atoms with Crippen molar-refractivity contribution in [2.75, 3.05) is 32.8 Å². The summed E-state index contributed by atoms with van der Waals surface area (Å²) >= 11 is 0. The van der Waals surface area contributed by atoms with Gasteiger partial charge >= 0.3 is 12.1 Å². The minimum absolute atomic E-state index is 0.118. The topological polar surface area (TPSA) is 59.0 Å². The highest BCUT2D eigenvalue weighted by Crippen LogP contribution is 2.37. The largest absolute Gasteiger partial charge is 0.494 e. The Balaban J connectivity index is 1.81. The molecule has 1 saturated heterocycles. The number of hydrogen-bond acceptors (Lipinski definition) is 4. The Kier molecular flexibility index (Phi) is 6.52. The van der Waals surface area contributed by atoms with Gasteiger partial charge in [0, 0.05) is 19.6 Å². The fourth-order valence-corrected chi connectivity index (χ4v) is 2.79. The van der Waals surface area contributed by atoms with Crippen LogP contribution in [0.25, 0.3) is 0 Å². The van der Waals surface area contributed by atoms with E-state index in [-0.39, 0.29) is 26.2 Å². The number of alkyl halides is 3. The van der Waals surface area contributed by atoms with Gasteiger partial charge in [0.25, 0.3) is 0 Å². The number of hydrogen-bond donors (Lipinski definition) is 1. The zero-order chi connectivity index (χ0) is 18.4. The van der Waals surface area contributed by atoms with Gasteiger partial charge in [-0.2, -0.15) is 13.2 Å². The molecule has 0 spiro atoms. The Labute approximate surface area is 144 Å². The molecule has 1 fully saturated rings.